The molecule has 1 N–H and O–H groups in total. The van der Waals surface area contributed by atoms with Gasteiger partial charge in [0.05, 0.1) is 0 Å². The predicted molar refractivity (Wildman–Crippen MR) is 47.9 cm³/mol. The Morgan fingerprint density at radius 2 is 2.06 bits per heavy atom. The second-order valence-electron chi connectivity index (χ2n) is 2.48. The first-order valence-corrected chi connectivity index (χ1v) is 4.11. The van der Waals surface area contributed by atoms with Gasteiger partial charge < -0.3 is 5.11 Å². The van der Waals surface area contributed by atoms with Crippen molar-refractivity contribution in [1.29, 1.82) is 0 Å². The third kappa shape index (κ3) is 5.13. The van der Waals surface area contributed by atoms with Crippen LogP contribution in [0.15, 0.2) is 23.1 Å². The highest BCUT2D eigenvalue weighted by Gasteiger charge is 2.38. The maximum atomic E-state index is 10.8. The molecule has 0 saturated carbocycles. The highest BCUT2D eigenvalue weighted by molar-refractivity contribution is 5.73. The molecular formula is C8H9F3N2O3. The molecule has 0 unspecified atom stereocenters. The van der Waals surface area contributed by atoms with Crippen LogP contribution in [0.1, 0.15) is 6.92 Å². The fraction of sp³-hybridized carbons (Fsp3) is 0.375. The number of carbonyl (C=O) groups is 1. The first-order chi connectivity index (χ1) is 7.29. The topological polar surface area (TPSA) is 72.2 Å². The zero-order chi connectivity index (χ0) is 12.8. The van der Waals surface area contributed by atoms with Gasteiger partial charge in [-0.25, -0.2) is 9.48 Å². The maximum Gasteiger partial charge on any atom is 0.490 e. The summed E-state index contributed by atoms with van der Waals surface area (Å²) in [5.41, 5.74) is -0.0417. The first-order valence-electron chi connectivity index (χ1n) is 4.11. The Morgan fingerprint density at radius 3 is 2.31 bits per heavy atom. The summed E-state index contributed by atoms with van der Waals surface area (Å²) < 4.78 is 33.1. The minimum absolute atomic E-state index is 0.0417. The van der Waals surface area contributed by atoms with Crippen LogP contribution in [0.2, 0.25) is 0 Å². The van der Waals surface area contributed by atoms with Crippen LogP contribution in [-0.4, -0.2) is 27.0 Å². The zero-order valence-electron chi connectivity index (χ0n) is 8.23. The minimum atomic E-state index is -5.08. The Hall–Kier alpha value is -1.86. The van der Waals surface area contributed by atoms with Crippen molar-refractivity contribution in [3.05, 3.63) is 28.7 Å². The van der Waals surface area contributed by atoms with Gasteiger partial charge in [0.2, 0.25) is 0 Å². The van der Waals surface area contributed by atoms with E-state index in [1.165, 1.54) is 10.7 Å². The molecule has 1 aromatic rings. The highest BCUT2D eigenvalue weighted by atomic mass is 19.4. The summed E-state index contributed by atoms with van der Waals surface area (Å²) in [6, 6.07) is 3.13. The van der Waals surface area contributed by atoms with Gasteiger partial charge in [-0.2, -0.15) is 18.3 Å². The lowest BCUT2D eigenvalue weighted by Gasteiger charge is -1.94. The number of carboxylic acid groups (broad SMARTS) is 1. The first kappa shape index (κ1) is 14.1. The number of alkyl halides is 3. The molecule has 5 nitrogen and oxygen atoms in total. The largest absolute Gasteiger partial charge is 0.490 e. The summed E-state index contributed by atoms with van der Waals surface area (Å²) in [5.74, 6) is -2.76. The van der Waals surface area contributed by atoms with Gasteiger partial charge in [0.1, 0.15) is 0 Å². The quantitative estimate of drug-likeness (QED) is 0.788. The molecule has 1 heterocycles. The van der Waals surface area contributed by atoms with Crippen molar-refractivity contribution in [2.75, 3.05) is 0 Å². The molecule has 0 fully saturated rings. The van der Waals surface area contributed by atoms with Crippen molar-refractivity contribution >= 4 is 5.97 Å². The lowest BCUT2D eigenvalue weighted by atomic mass is 10.6. The monoisotopic (exact) mass is 238 g/mol. The van der Waals surface area contributed by atoms with Gasteiger partial charge in [0.25, 0.3) is 5.56 Å². The van der Waals surface area contributed by atoms with Gasteiger partial charge >= 0.3 is 12.1 Å². The third-order valence-corrected chi connectivity index (χ3v) is 1.33. The number of halogens is 3. The number of aromatic nitrogens is 2. The maximum absolute atomic E-state index is 10.8. The molecule has 1 rings (SSSR count). The Labute approximate surface area is 88.1 Å². The second-order valence-corrected chi connectivity index (χ2v) is 2.48. The van der Waals surface area contributed by atoms with Gasteiger partial charge in [0.15, 0.2) is 0 Å². The van der Waals surface area contributed by atoms with Crippen LogP contribution < -0.4 is 5.56 Å². The van der Waals surface area contributed by atoms with Crippen LogP contribution in [0, 0.1) is 0 Å². The average molecular weight is 238 g/mol. The van der Waals surface area contributed by atoms with E-state index in [9.17, 15) is 18.0 Å². The predicted octanol–water partition coefficient (Wildman–Crippen LogP) is 0.897. The van der Waals surface area contributed by atoms with Gasteiger partial charge in [-0.3, -0.25) is 4.79 Å². The molecule has 0 radical (unpaired) electrons. The van der Waals surface area contributed by atoms with Gasteiger partial charge in [0, 0.05) is 18.8 Å². The SMILES string of the molecule is CCn1ncccc1=O.O=C(O)C(F)(F)F. The van der Waals surface area contributed by atoms with Crippen LogP contribution in [0.4, 0.5) is 13.2 Å². The van der Waals surface area contributed by atoms with E-state index in [0.29, 0.717) is 6.54 Å². The Bertz CT molecular complexity index is 400. The van der Waals surface area contributed by atoms with Crippen LogP contribution in [-0.2, 0) is 11.3 Å². The highest BCUT2D eigenvalue weighted by Crippen LogP contribution is 2.13. The standard InChI is InChI=1S/C6H8N2O.C2HF3O2/c1-2-8-6(9)4-3-5-7-8;3-2(4,5)1(6)7/h3-5H,2H2,1H3;(H,6,7). The van der Waals surface area contributed by atoms with E-state index in [1.807, 2.05) is 6.92 Å². The Balaban J connectivity index is 0.000000293. The van der Waals surface area contributed by atoms with Crippen molar-refractivity contribution in [2.45, 2.75) is 19.6 Å². The summed E-state index contributed by atoms with van der Waals surface area (Å²) >= 11 is 0. The van der Waals surface area contributed by atoms with E-state index in [1.54, 1.807) is 12.3 Å². The summed E-state index contributed by atoms with van der Waals surface area (Å²) in [5, 5.41) is 10.9. The van der Waals surface area contributed by atoms with Gasteiger partial charge in [-0.15, -0.1) is 0 Å². The Morgan fingerprint density at radius 1 is 1.56 bits per heavy atom. The normalized spacial score (nSPS) is 10.2. The third-order valence-electron chi connectivity index (χ3n) is 1.33. The Kier molecular flexibility index (Phi) is 5.20. The molecule has 0 bridgehead atoms. The van der Waals surface area contributed by atoms with E-state index >= 15 is 0 Å². The number of aryl methyl sites for hydroxylation is 1. The average Bonchev–Trinajstić information content (AvgIpc) is 2.18. The number of aliphatic carboxylic acids is 1. The molecular weight excluding hydrogens is 229 g/mol. The summed E-state index contributed by atoms with van der Waals surface area (Å²) in [7, 11) is 0. The summed E-state index contributed by atoms with van der Waals surface area (Å²) in [6.45, 7) is 2.52. The number of carboxylic acids is 1. The van der Waals surface area contributed by atoms with Crippen LogP contribution in [0.5, 0.6) is 0 Å². The smallest absolute Gasteiger partial charge is 0.475 e. The van der Waals surface area contributed by atoms with Crippen LogP contribution in [0.3, 0.4) is 0 Å². The molecule has 0 amide bonds. The van der Waals surface area contributed by atoms with E-state index < -0.39 is 12.1 Å². The number of rotatable bonds is 1. The molecule has 0 aromatic carbocycles. The second kappa shape index (κ2) is 5.89. The molecule has 0 atom stereocenters. The molecule has 0 saturated heterocycles. The molecule has 16 heavy (non-hydrogen) atoms. The summed E-state index contributed by atoms with van der Waals surface area (Å²) in [6.07, 6.45) is -3.48. The molecule has 0 aliphatic rings. The van der Waals surface area contributed by atoms with E-state index in [4.69, 9.17) is 9.90 Å². The van der Waals surface area contributed by atoms with Crippen LogP contribution in [0.25, 0.3) is 0 Å². The van der Waals surface area contributed by atoms with Gasteiger partial charge in [-0.05, 0) is 13.0 Å². The zero-order valence-corrected chi connectivity index (χ0v) is 8.23. The molecule has 0 spiro atoms. The number of hydrogen-bond donors (Lipinski definition) is 1. The van der Waals surface area contributed by atoms with E-state index in [0.717, 1.165) is 0 Å². The molecule has 8 heteroatoms. The number of hydrogen-bond acceptors (Lipinski definition) is 3. The van der Waals surface area contributed by atoms with E-state index in [-0.39, 0.29) is 5.56 Å². The minimum Gasteiger partial charge on any atom is -0.475 e. The molecule has 1 aromatic heterocycles. The van der Waals surface area contributed by atoms with Crippen molar-refractivity contribution in [1.82, 2.24) is 9.78 Å². The van der Waals surface area contributed by atoms with Crippen molar-refractivity contribution in [3.8, 4) is 0 Å². The molecule has 0 aliphatic heterocycles. The molecule has 0 aliphatic carbocycles. The lowest BCUT2D eigenvalue weighted by molar-refractivity contribution is -0.192. The van der Waals surface area contributed by atoms with Crippen molar-refractivity contribution < 1.29 is 23.1 Å². The summed E-state index contributed by atoms with van der Waals surface area (Å²) in [4.78, 5) is 19.6. The van der Waals surface area contributed by atoms with Crippen molar-refractivity contribution in [2.24, 2.45) is 0 Å². The van der Waals surface area contributed by atoms with Crippen molar-refractivity contribution in [3.63, 3.8) is 0 Å². The fourth-order valence-electron chi connectivity index (χ4n) is 0.625. The van der Waals surface area contributed by atoms with Gasteiger partial charge in [-0.1, -0.05) is 0 Å². The van der Waals surface area contributed by atoms with Crippen LogP contribution >= 0.6 is 0 Å². The fourth-order valence-corrected chi connectivity index (χ4v) is 0.625. The van der Waals surface area contributed by atoms with E-state index in [2.05, 4.69) is 5.10 Å². The molecule has 90 valence electrons. The lowest BCUT2D eigenvalue weighted by Crippen LogP contribution is -2.21. The number of nitrogens with zero attached hydrogens (tertiary/aromatic N) is 2.